The second kappa shape index (κ2) is 11.2. The van der Waals surface area contributed by atoms with Gasteiger partial charge in [-0.1, -0.05) is 18.2 Å². The van der Waals surface area contributed by atoms with Crippen LogP contribution in [0.2, 0.25) is 0 Å². The van der Waals surface area contributed by atoms with Crippen LogP contribution in [0.15, 0.2) is 46.8 Å². The Morgan fingerprint density at radius 3 is 2.79 bits per heavy atom. The van der Waals surface area contributed by atoms with Gasteiger partial charge in [0.2, 0.25) is 0 Å². The number of hydrogen-bond donors (Lipinski definition) is 2. The molecule has 0 aliphatic rings. The molecule has 0 unspecified atom stereocenters. The van der Waals surface area contributed by atoms with Gasteiger partial charge in [-0.3, -0.25) is 4.99 Å². The summed E-state index contributed by atoms with van der Waals surface area (Å²) < 4.78 is 13.6. The van der Waals surface area contributed by atoms with Gasteiger partial charge in [0.05, 0.1) is 5.69 Å². The summed E-state index contributed by atoms with van der Waals surface area (Å²) in [5, 5.41) is 5.18. The monoisotopic (exact) mass is 462 g/mol. The summed E-state index contributed by atoms with van der Waals surface area (Å²) in [6.07, 6.45) is 1.77. The Balaban J connectivity index is 0.00000288. The van der Waals surface area contributed by atoms with Crippen molar-refractivity contribution in [2.75, 3.05) is 31.6 Å². The van der Waals surface area contributed by atoms with Crippen LogP contribution in [0.3, 0.4) is 0 Å². The fourth-order valence-electron chi connectivity index (χ4n) is 2.21. The van der Waals surface area contributed by atoms with Gasteiger partial charge >= 0.3 is 0 Å². The Bertz CT molecular complexity index is 619. The Morgan fingerprint density at radius 1 is 1.29 bits per heavy atom. The van der Waals surface area contributed by atoms with Gasteiger partial charge < -0.3 is 16.0 Å². The van der Waals surface area contributed by atoms with Gasteiger partial charge in [-0.2, -0.15) is 0 Å². The summed E-state index contributed by atoms with van der Waals surface area (Å²) in [5.74, 6) is 0.267. The van der Waals surface area contributed by atoms with Crippen molar-refractivity contribution >= 4 is 47.0 Å². The molecule has 1 aromatic heterocycles. The molecule has 0 saturated heterocycles. The number of hydrogen-bond acceptors (Lipinski definition) is 3. The molecule has 4 nitrogen and oxygen atoms in total. The number of nitrogens with two attached hydrogens (primary N) is 1. The Labute approximate surface area is 164 Å². The van der Waals surface area contributed by atoms with E-state index in [2.05, 4.69) is 21.8 Å². The minimum Gasteiger partial charge on any atom is -0.372 e. The Morgan fingerprint density at radius 2 is 2.08 bits per heavy atom. The quantitative estimate of drug-likeness (QED) is 0.274. The zero-order chi connectivity index (χ0) is 16.5. The largest absolute Gasteiger partial charge is 0.372 e. The molecule has 132 valence electrons. The van der Waals surface area contributed by atoms with Crippen LogP contribution in [-0.4, -0.2) is 32.6 Å². The molecule has 0 fully saturated rings. The smallest absolute Gasteiger partial charge is 0.188 e. The highest BCUT2D eigenvalue weighted by atomic mass is 127. The van der Waals surface area contributed by atoms with Crippen molar-refractivity contribution in [2.24, 2.45) is 10.7 Å². The molecule has 1 aromatic carbocycles. The topological polar surface area (TPSA) is 53.6 Å². The van der Waals surface area contributed by atoms with Gasteiger partial charge in [0.15, 0.2) is 5.96 Å². The molecule has 0 saturated carbocycles. The summed E-state index contributed by atoms with van der Waals surface area (Å²) in [5.41, 5.74) is 6.44. The fraction of sp³-hybridized carbons (Fsp3) is 0.353. The van der Waals surface area contributed by atoms with Crippen LogP contribution in [-0.2, 0) is 6.42 Å². The molecular weight excluding hydrogens is 438 g/mol. The van der Waals surface area contributed by atoms with E-state index < -0.39 is 0 Å². The van der Waals surface area contributed by atoms with Crippen molar-refractivity contribution in [3.05, 3.63) is 52.5 Å². The molecule has 0 aliphatic carbocycles. The third-order valence-electron chi connectivity index (χ3n) is 3.46. The van der Waals surface area contributed by atoms with Crippen molar-refractivity contribution in [3.8, 4) is 0 Å². The van der Waals surface area contributed by atoms with Crippen LogP contribution in [0.1, 0.15) is 11.3 Å². The minimum atomic E-state index is -0.201. The number of guanidine groups is 1. The summed E-state index contributed by atoms with van der Waals surface area (Å²) in [6, 6.07) is 10.9. The highest BCUT2D eigenvalue weighted by molar-refractivity contribution is 14.0. The standard InChI is InChI=1S/C17H23FN4S.HI/c1-22(16-8-3-2-7-15(16)18)12-5-10-20-17(19)21-11-9-14-6-4-13-23-14;/h2-4,6-8,13H,5,9-12H2,1H3,(H3,19,20,21);1H. The van der Waals surface area contributed by atoms with Crippen LogP contribution >= 0.6 is 35.3 Å². The predicted molar refractivity (Wildman–Crippen MR) is 112 cm³/mol. The first-order valence-electron chi connectivity index (χ1n) is 7.68. The molecule has 2 rings (SSSR count). The molecule has 3 N–H and O–H groups in total. The second-order valence-electron chi connectivity index (χ2n) is 5.25. The van der Waals surface area contributed by atoms with Crippen molar-refractivity contribution in [2.45, 2.75) is 12.8 Å². The summed E-state index contributed by atoms with van der Waals surface area (Å²) >= 11 is 1.74. The highest BCUT2D eigenvalue weighted by Gasteiger charge is 2.05. The lowest BCUT2D eigenvalue weighted by Crippen LogP contribution is -2.33. The zero-order valence-corrected chi connectivity index (χ0v) is 16.9. The lowest BCUT2D eigenvalue weighted by atomic mass is 10.2. The molecule has 0 atom stereocenters. The maximum absolute atomic E-state index is 13.6. The van der Waals surface area contributed by atoms with E-state index in [-0.39, 0.29) is 29.8 Å². The Kier molecular flexibility index (Phi) is 9.70. The van der Waals surface area contributed by atoms with E-state index >= 15 is 0 Å². The van der Waals surface area contributed by atoms with Gasteiger partial charge in [-0.15, -0.1) is 35.3 Å². The number of nitrogens with one attached hydrogen (secondary N) is 1. The van der Waals surface area contributed by atoms with Gasteiger partial charge in [-0.25, -0.2) is 4.39 Å². The number of thiophene rings is 1. The summed E-state index contributed by atoms with van der Waals surface area (Å²) in [7, 11) is 1.88. The van der Waals surface area contributed by atoms with Gasteiger partial charge in [-0.05, 0) is 36.4 Å². The number of para-hydroxylation sites is 1. The van der Waals surface area contributed by atoms with Crippen molar-refractivity contribution in [1.82, 2.24) is 5.32 Å². The number of rotatable bonds is 8. The molecule has 0 radical (unpaired) electrons. The first-order chi connectivity index (χ1) is 11.2. The average molecular weight is 462 g/mol. The maximum Gasteiger partial charge on any atom is 0.188 e. The number of anilines is 1. The van der Waals surface area contributed by atoms with E-state index in [0.717, 1.165) is 25.9 Å². The predicted octanol–water partition coefficient (Wildman–Crippen LogP) is 3.48. The summed E-state index contributed by atoms with van der Waals surface area (Å²) in [4.78, 5) is 7.52. The molecule has 24 heavy (non-hydrogen) atoms. The SMILES string of the molecule is CN(CCCN=C(N)NCCc1cccs1)c1ccccc1F.I. The van der Waals surface area contributed by atoms with Crippen molar-refractivity contribution in [3.63, 3.8) is 0 Å². The van der Waals surface area contributed by atoms with Crippen molar-refractivity contribution < 1.29 is 4.39 Å². The molecule has 7 heteroatoms. The first kappa shape index (κ1) is 20.7. The molecule has 1 heterocycles. The lowest BCUT2D eigenvalue weighted by Gasteiger charge is -2.19. The fourth-order valence-corrected chi connectivity index (χ4v) is 2.92. The van der Waals surface area contributed by atoms with E-state index in [9.17, 15) is 4.39 Å². The van der Waals surface area contributed by atoms with E-state index in [4.69, 9.17) is 5.73 Å². The molecule has 2 aromatic rings. The molecule has 0 amide bonds. The summed E-state index contributed by atoms with van der Waals surface area (Å²) in [6.45, 7) is 2.13. The number of halogens is 2. The van der Waals surface area contributed by atoms with E-state index in [1.807, 2.05) is 24.1 Å². The van der Waals surface area contributed by atoms with Crippen LogP contribution in [0, 0.1) is 5.82 Å². The van der Waals surface area contributed by atoms with Crippen LogP contribution in [0.25, 0.3) is 0 Å². The average Bonchev–Trinajstić information content (AvgIpc) is 3.05. The van der Waals surface area contributed by atoms with Crippen LogP contribution in [0.5, 0.6) is 0 Å². The maximum atomic E-state index is 13.6. The lowest BCUT2D eigenvalue weighted by molar-refractivity contribution is 0.620. The van der Waals surface area contributed by atoms with Crippen molar-refractivity contribution in [1.29, 1.82) is 0 Å². The van der Waals surface area contributed by atoms with E-state index in [0.29, 0.717) is 18.2 Å². The number of nitrogens with zero attached hydrogens (tertiary/aromatic N) is 2. The van der Waals surface area contributed by atoms with Gasteiger partial charge in [0.1, 0.15) is 5.82 Å². The molecule has 0 spiro atoms. The van der Waals surface area contributed by atoms with E-state index in [1.54, 1.807) is 23.5 Å². The zero-order valence-electron chi connectivity index (χ0n) is 13.7. The molecular formula is C17H24FIN4S. The third-order valence-corrected chi connectivity index (χ3v) is 4.39. The second-order valence-corrected chi connectivity index (χ2v) is 6.28. The van der Waals surface area contributed by atoms with Gasteiger partial charge in [0, 0.05) is 31.6 Å². The Hall–Kier alpha value is -1.35. The minimum absolute atomic E-state index is 0. The van der Waals surface area contributed by atoms with E-state index in [1.165, 1.54) is 10.9 Å². The molecule has 0 bridgehead atoms. The van der Waals surface area contributed by atoms with Crippen LogP contribution in [0.4, 0.5) is 10.1 Å². The third kappa shape index (κ3) is 7.04. The molecule has 0 aliphatic heterocycles. The highest BCUT2D eigenvalue weighted by Crippen LogP contribution is 2.16. The number of benzene rings is 1. The first-order valence-corrected chi connectivity index (χ1v) is 8.56. The van der Waals surface area contributed by atoms with Crippen LogP contribution < -0.4 is 16.0 Å². The normalized spacial score (nSPS) is 11.0. The number of aliphatic imine (C=N–C) groups is 1. The van der Waals surface area contributed by atoms with Gasteiger partial charge in [0.25, 0.3) is 0 Å².